The zero-order valence-electron chi connectivity index (χ0n) is 11.1. The molecule has 0 radical (unpaired) electrons. The van der Waals surface area contributed by atoms with Crippen molar-refractivity contribution in [3.8, 4) is 0 Å². The van der Waals surface area contributed by atoms with Crippen LogP contribution in [0, 0.1) is 6.92 Å². The number of likely N-dealkylation sites (N-methyl/N-ethyl adjacent to an activating group) is 1. The molecule has 0 saturated carbocycles. The number of hydrogen-bond donors (Lipinski definition) is 1. The van der Waals surface area contributed by atoms with Gasteiger partial charge in [0.15, 0.2) is 0 Å². The van der Waals surface area contributed by atoms with Gasteiger partial charge in [0.1, 0.15) is 0 Å². The van der Waals surface area contributed by atoms with Crippen molar-refractivity contribution in [3.05, 3.63) is 21.9 Å². The molecule has 1 amide bonds. The first-order chi connectivity index (χ1) is 8.00. The molecule has 0 aliphatic heterocycles. The molecule has 0 unspecified atom stereocenters. The molecule has 0 aliphatic rings. The summed E-state index contributed by atoms with van der Waals surface area (Å²) < 4.78 is 0. The van der Waals surface area contributed by atoms with E-state index in [2.05, 4.69) is 23.7 Å². The Hall–Kier alpha value is -0.870. The average molecular weight is 254 g/mol. The van der Waals surface area contributed by atoms with Crippen LogP contribution in [0.4, 0.5) is 0 Å². The van der Waals surface area contributed by atoms with Crippen molar-refractivity contribution in [1.82, 2.24) is 10.2 Å². The van der Waals surface area contributed by atoms with Gasteiger partial charge in [-0.1, -0.05) is 13.8 Å². The minimum Gasteiger partial charge on any atom is -0.344 e. The van der Waals surface area contributed by atoms with Gasteiger partial charge in [0.05, 0.1) is 6.54 Å². The molecular weight excluding hydrogens is 232 g/mol. The van der Waals surface area contributed by atoms with Gasteiger partial charge < -0.3 is 10.2 Å². The van der Waals surface area contributed by atoms with Crippen LogP contribution >= 0.6 is 11.3 Å². The number of amides is 1. The summed E-state index contributed by atoms with van der Waals surface area (Å²) >= 11 is 1.77. The largest absolute Gasteiger partial charge is 0.344 e. The number of carbonyl (C=O) groups excluding carboxylic acids is 1. The van der Waals surface area contributed by atoms with E-state index in [-0.39, 0.29) is 5.91 Å². The molecule has 3 nitrogen and oxygen atoms in total. The third-order valence-corrected chi connectivity index (χ3v) is 3.81. The van der Waals surface area contributed by atoms with Gasteiger partial charge in [-0.15, -0.1) is 11.3 Å². The summed E-state index contributed by atoms with van der Waals surface area (Å²) in [6.45, 7) is 7.43. The highest BCUT2D eigenvalue weighted by molar-refractivity contribution is 7.10. The van der Waals surface area contributed by atoms with Crippen LogP contribution in [0.3, 0.4) is 0 Å². The second kappa shape index (κ2) is 6.77. The fraction of sp³-hybridized carbons (Fsp3) is 0.615. The third-order valence-electron chi connectivity index (χ3n) is 2.73. The van der Waals surface area contributed by atoms with Gasteiger partial charge in [-0.2, -0.15) is 0 Å². The molecular formula is C13H22N2OS. The van der Waals surface area contributed by atoms with Crippen LogP contribution in [0.15, 0.2) is 11.4 Å². The normalized spacial score (nSPS) is 10.9. The standard InChI is InChI=1S/C13H22N2OS/c1-10(2)14-9-13(16)15(4)7-5-12-11(3)6-8-17-12/h6,8,10,14H,5,7,9H2,1-4H3. The van der Waals surface area contributed by atoms with E-state index in [0.717, 1.165) is 13.0 Å². The maximum absolute atomic E-state index is 11.8. The van der Waals surface area contributed by atoms with Gasteiger partial charge in [-0.25, -0.2) is 0 Å². The summed E-state index contributed by atoms with van der Waals surface area (Å²) in [5.74, 6) is 0.160. The third kappa shape index (κ3) is 4.88. The van der Waals surface area contributed by atoms with Gasteiger partial charge in [-0.3, -0.25) is 4.79 Å². The molecule has 0 saturated heterocycles. The molecule has 0 aliphatic carbocycles. The lowest BCUT2D eigenvalue weighted by atomic mass is 10.2. The van der Waals surface area contributed by atoms with Crippen LogP contribution in [0.25, 0.3) is 0 Å². The van der Waals surface area contributed by atoms with E-state index in [9.17, 15) is 4.79 Å². The quantitative estimate of drug-likeness (QED) is 0.843. The second-order valence-corrected chi connectivity index (χ2v) is 5.63. The van der Waals surface area contributed by atoms with Crippen molar-refractivity contribution >= 4 is 17.2 Å². The van der Waals surface area contributed by atoms with Gasteiger partial charge in [0.25, 0.3) is 0 Å². The van der Waals surface area contributed by atoms with Crippen LogP contribution in [0.1, 0.15) is 24.3 Å². The zero-order chi connectivity index (χ0) is 12.8. The fourth-order valence-electron chi connectivity index (χ4n) is 1.48. The van der Waals surface area contributed by atoms with Crippen molar-refractivity contribution in [2.45, 2.75) is 33.2 Å². The Morgan fingerprint density at radius 1 is 1.53 bits per heavy atom. The highest BCUT2D eigenvalue weighted by atomic mass is 32.1. The van der Waals surface area contributed by atoms with E-state index < -0.39 is 0 Å². The van der Waals surface area contributed by atoms with Crippen molar-refractivity contribution in [2.24, 2.45) is 0 Å². The van der Waals surface area contributed by atoms with Gasteiger partial charge in [0, 0.05) is 24.5 Å². The van der Waals surface area contributed by atoms with E-state index >= 15 is 0 Å². The smallest absolute Gasteiger partial charge is 0.236 e. The van der Waals surface area contributed by atoms with E-state index in [1.165, 1.54) is 10.4 Å². The molecule has 1 heterocycles. The minimum absolute atomic E-state index is 0.160. The number of nitrogens with zero attached hydrogens (tertiary/aromatic N) is 1. The Labute approximate surface area is 108 Å². The molecule has 1 rings (SSSR count). The van der Waals surface area contributed by atoms with Crippen molar-refractivity contribution in [3.63, 3.8) is 0 Å². The Kier molecular flexibility index (Phi) is 5.65. The highest BCUT2D eigenvalue weighted by Gasteiger charge is 2.09. The predicted octanol–water partition coefficient (Wildman–Crippen LogP) is 2.06. The van der Waals surface area contributed by atoms with E-state index in [1.807, 2.05) is 20.9 Å². The molecule has 1 N–H and O–H groups in total. The molecule has 0 spiro atoms. The van der Waals surface area contributed by atoms with Crippen molar-refractivity contribution in [1.29, 1.82) is 0 Å². The first kappa shape index (κ1) is 14.2. The molecule has 17 heavy (non-hydrogen) atoms. The van der Waals surface area contributed by atoms with Crippen LogP contribution in [-0.2, 0) is 11.2 Å². The first-order valence-electron chi connectivity index (χ1n) is 6.01. The summed E-state index contributed by atoms with van der Waals surface area (Å²) in [6.07, 6.45) is 0.952. The summed E-state index contributed by atoms with van der Waals surface area (Å²) in [5, 5.41) is 5.25. The summed E-state index contributed by atoms with van der Waals surface area (Å²) in [5.41, 5.74) is 1.33. The van der Waals surface area contributed by atoms with Crippen LogP contribution in [-0.4, -0.2) is 37.0 Å². The SMILES string of the molecule is Cc1ccsc1CCN(C)C(=O)CNC(C)C. The summed E-state index contributed by atoms with van der Waals surface area (Å²) in [4.78, 5) is 14.9. The number of rotatable bonds is 6. The predicted molar refractivity (Wildman–Crippen MR) is 73.5 cm³/mol. The Bertz CT molecular complexity index is 360. The molecule has 0 aromatic carbocycles. The van der Waals surface area contributed by atoms with E-state index in [4.69, 9.17) is 0 Å². The Morgan fingerprint density at radius 2 is 2.24 bits per heavy atom. The Balaban J connectivity index is 2.31. The van der Waals surface area contributed by atoms with Gasteiger partial charge >= 0.3 is 0 Å². The van der Waals surface area contributed by atoms with E-state index in [0.29, 0.717) is 12.6 Å². The highest BCUT2D eigenvalue weighted by Crippen LogP contribution is 2.16. The summed E-state index contributed by atoms with van der Waals surface area (Å²) in [6, 6.07) is 2.48. The van der Waals surface area contributed by atoms with Crippen LogP contribution < -0.4 is 5.32 Å². The average Bonchev–Trinajstić information content (AvgIpc) is 2.68. The number of carbonyl (C=O) groups is 1. The second-order valence-electron chi connectivity index (χ2n) is 4.63. The van der Waals surface area contributed by atoms with Crippen LogP contribution in [0.5, 0.6) is 0 Å². The molecule has 0 bridgehead atoms. The van der Waals surface area contributed by atoms with Crippen molar-refractivity contribution < 1.29 is 4.79 Å². The molecule has 0 fully saturated rings. The molecule has 1 aromatic rings. The first-order valence-corrected chi connectivity index (χ1v) is 6.89. The lowest BCUT2D eigenvalue weighted by molar-refractivity contribution is -0.129. The Morgan fingerprint density at radius 3 is 2.76 bits per heavy atom. The lowest BCUT2D eigenvalue weighted by Gasteiger charge is -2.18. The number of hydrogen-bond acceptors (Lipinski definition) is 3. The number of aryl methyl sites for hydroxylation is 1. The number of nitrogens with one attached hydrogen (secondary N) is 1. The van der Waals surface area contributed by atoms with Crippen LogP contribution in [0.2, 0.25) is 0 Å². The van der Waals surface area contributed by atoms with E-state index in [1.54, 1.807) is 16.2 Å². The number of thiophene rings is 1. The monoisotopic (exact) mass is 254 g/mol. The maximum atomic E-state index is 11.8. The minimum atomic E-state index is 0.160. The topological polar surface area (TPSA) is 32.3 Å². The van der Waals surface area contributed by atoms with Gasteiger partial charge in [0.2, 0.25) is 5.91 Å². The summed E-state index contributed by atoms with van der Waals surface area (Å²) in [7, 11) is 1.87. The van der Waals surface area contributed by atoms with Gasteiger partial charge in [-0.05, 0) is 30.4 Å². The lowest BCUT2D eigenvalue weighted by Crippen LogP contribution is -2.38. The zero-order valence-corrected chi connectivity index (χ0v) is 11.9. The molecule has 0 atom stereocenters. The molecule has 1 aromatic heterocycles. The maximum Gasteiger partial charge on any atom is 0.236 e. The molecule has 96 valence electrons. The molecule has 4 heteroatoms. The van der Waals surface area contributed by atoms with Crippen molar-refractivity contribution in [2.75, 3.05) is 20.1 Å². The fourth-order valence-corrected chi connectivity index (χ4v) is 2.38.